The summed E-state index contributed by atoms with van der Waals surface area (Å²) in [4.78, 5) is 22.8. The van der Waals surface area contributed by atoms with Crippen molar-refractivity contribution in [3.05, 3.63) is 16.5 Å². The number of ether oxygens (including phenoxy) is 1. The van der Waals surface area contributed by atoms with Crippen LogP contribution < -0.4 is 10.2 Å². The second kappa shape index (κ2) is 6.81. The zero-order chi connectivity index (χ0) is 16.3. The number of anilines is 1. The van der Waals surface area contributed by atoms with E-state index in [4.69, 9.17) is 4.74 Å². The second-order valence-electron chi connectivity index (χ2n) is 6.51. The van der Waals surface area contributed by atoms with Crippen molar-refractivity contribution in [2.24, 2.45) is 0 Å². The molecule has 2 rings (SSSR count). The fourth-order valence-electron chi connectivity index (χ4n) is 2.47. The lowest BCUT2D eigenvalue weighted by Gasteiger charge is -2.34. The van der Waals surface area contributed by atoms with E-state index in [9.17, 15) is 4.79 Å². The lowest BCUT2D eigenvalue weighted by molar-refractivity contribution is 0.0497. The Kier molecular flexibility index (Phi) is 5.26. The number of hydrogen-bond donors (Lipinski definition) is 1. The van der Waals surface area contributed by atoms with Crippen molar-refractivity contribution < 1.29 is 9.53 Å². The molecule has 1 aromatic heterocycles. The van der Waals surface area contributed by atoms with Crippen LogP contribution in [-0.2, 0) is 4.74 Å². The number of alkyl carbamates (subject to hydrolysis) is 1. The third-order valence-electron chi connectivity index (χ3n) is 3.41. The van der Waals surface area contributed by atoms with E-state index >= 15 is 0 Å². The standard InChI is InChI=1S/C15H23BrN4O2/c1-10-13(17-9-12(16)18-10)20-7-5-11(6-8-20)19-14(21)22-15(2,3)4/h9,11H,5-8H2,1-4H3,(H,19,21). The van der Waals surface area contributed by atoms with Gasteiger partial charge in [0.15, 0.2) is 0 Å². The zero-order valence-corrected chi connectivity index (χ0v) is 15.1. The highest BCUT2D eigenvalue weighted by Crippen LogP contribution is 2.21. The van der Waals surface area contributed by atoms with Gasteiger partial charge in [-0.25, -0.2) is 14.8 Å². The van der Waals surface area contributed by atoms with E-state index in [2.05, 4.69) is 36.1 Å². The number of rotatable bonds is 2. The molecule has 1 aliphatic heterocycles. The van der Waals surface area contributed by atoms with Crippen LogP contribution in [0.2, 0.25) is 0 Å². The summed E-state index contributed by atoms with van der Waals surface area (Å²) in [7, 11) is 0. The Bertz CT molecular complexity index is 537. The summed E-state index contributed by atoms with van der Waals surface area (Å²) >= 11 is 3.33. The van der Waals surface area contributed by atoms with Crippen LogP contribution in [0.25, 0.3) is 0 Å². The van der Waals surface area contributed by atoms with Gasteiger partial charge in [0.2, 0.25) is 0 Å². The van der Waals surface area contributed by atoms with Crippen molar-refractivity contribution >= 4 is 27.8 Å². The van der Waals surface area contributed by atoms with Crippen molar-refractivity contribution in [2.75, 3.05) is 18.0 Å². The number of carbonyl (C=O) groups excluding carboxylic acids is 1. The van der Waals surface area contributed by atoms with Crippen LogP contribution >= 0.6 is 15.9 Å². The number of amides is 1. The molecule has 6 nitrogen and oxygen atoms in total. The predicted octanol–water partition coefficient (Wildman–Crippen LogP) is 3.04. The average Bonchev–Trinajstić information content (AvgIpc) is 2.38. The van der Waals surface area contributed by atoms with Crippen molar-refractivity contribution in [2.45, 2.75) is 52.2 Å². The highest BCUT2D eigenvalue weighted by atomic mass is 79.9. The molecule has 1 aliphatic rings. The minimum absolute atomic E-state index is 0.148. The molecule has 22 heavy (non-hydrogen) atoms. The minimum Gasteiger partial charge on any atom is -0.444 e. The molecule has 0 aromatic carbocycles. The molecule has 1 fully saturated rings. The van der Waals surface area contributed by atoms with Gasteiger partial charge in [-0.3, -0.25) is 0 Å². The van der Waals surface area contributed by atoms with Gasteiger partial charge in [-0.15, -0.1) is 0 Å². The van der Waals surface area contributed by atoms with E-state index in [-0.39, 0.29) is 12.1 Å². The van der Waals surface area contributed by atoms with Crippen molar-refractivity contribution in [3.8, 4) is 0 Å². The largest absolute Gasteiger partial charge is 0.444 e. The number of carbonyl (C=O) groups is 1. The summed E-state index contributed by atoms with van der Waals surface area (Å²) in [6.07, 6.45) is 3.12. The Balaban J connectivity index is 1.86. The summed E-state index contributed by atoms with van der Waals surface area (Å²) in [5.74, 6) is 0.916. The average molecular weight is 371 g/mol. The third-order valence-corrected chi connectivity index (χ3v) is 3.79. The highest BCUT2D eigenvalue weighted by molar-refractivity contribution is 9.10. The van der Waals surface area contributed by atoms with Gasteiger partial charge in [0, 0.05) is 19.1 Å². The van der Waals surface area contributed by atoms with Crippen molar-refractivity contribution in [3.63, 3.8) is 0 Å². The third kappa shape index (κ3) is 4.83. The minimum atomic E-state index is -0.463. The summed E-state index contributed by atoms with van der Waals surface area (Å²) < 4.78 is 6.04. The van der Waals surface area contributed by atoms with Gasteiger partial charge >= 0.3 is 6.09 Å². The molecule has 0 saturated carbocycles. The first-order chi connectivity index (χ1) is 10.2. The molecule has 1 aromatic rings. The molecule has 1 saturated heterocycles. The quantitative estimate of drug-likeness (QED) is 0.866. The number of aryl methyl sites for hydroxylation is 1. The van der Waals surface area contributed by atoms with Crippen molar-refractivity contribution in [1.82, 2.24) is 15.3 Å². The number of nitrogens with zero attached hydrogens (tertiary/aromatic N) is 3. The number of piperidine rings is 1. The Morgan fingerprint density at radius 1 is 1.41 bits per heavy atom. The smallest absolute Gasteiger partial charge is 0.407 e. The Morgan fingerprint density at radius 3 is 2.59 bits per heavy atom. The van der Waals surface area contributed by atoms with E-state index in [1.165, 1.54) is 0 Å². The molecule has 2 heterocycles. The van der Waals surface area contributed by atoms with Crippen LogP contribution in [-0.4, -0.2) is 40.8 Å². The summed E-state index contributed by atoms with van der Waals surface area (Å²) in [6.45, 7) is 9.24. The molecule has 0 radical (unpaired) electrons. The van der Waals surface area contributed by atoms with Gasteiger partial charge in [0.05, 0.1) is 11.9 Å². The lowest BCUT2D eigenvalue weighted by atomic mass is 10.1. The van der Waals surface area contributed by atoms with Gasteiger partial charge in [0.25, 0.3) is 0 Å². The first-order valence-electron chi connectivity index (χ1n) is 7.48. The maximum absolute atomic E-state index is 11.8. The van der Waals surface area contributed by atoms with Crippen LogP contribution in [0.4, 0.5) is 10.6 Å². The first-order valence-corrected chi connectivity index (χ1v) is 8.27. The molecule has 0 atom stereocenters. The number of nitrogens with one attached hydrogen (secondary N) is 1. The number of aromatic nitrogens is 2. The monoisotopic (exact) mass is 370 g/mol. The Labute approximate surface area is 139 Å². The maximum Gasteiger partial charge on any atom is 0.407 e. The van der Waals surface area contributed by atoms with Gasteiger partial charge in [-0.05, 0) is 56.5 Å². The molecular formula is C15H23BrN4O2. The zero-order valence-electron chi connectivity index (χ0n) is 13.5. The van der Waals surface area contributed by atoms with E-state index in [0.29, 0.717) is 0 Å². The first kappa shape index (κ1) is 17.0. The van der Waals surface area contributed by atoms with E-state index in [1.54, 1.807) is 6.20 Å². The van der Waals surface area contributed by atoms with Crippen molar-refractivity contribution in [1.29, 1.82) is 0 Å². The molecule has 0 spiro atoms. The summed E-state index contributed by atoms with van der Waals surface area (Å²) in [5, 5.41) is 2.94. The normalized spacial score (nSPS) is 16.5. The molecule has 122 valence electrons. The van der Waals surface area contributed by atoms with E-state index in [1.807, 2.05) is 27.7 Å². The lowest BCUT2D eigenvalue weighted by Crippen LogP contribution is -2.46. The summed E-state index contributed by atoms with van der Waals surface area (Å²) in [6, 6.07) is 0.148. The van der Waals surface area contributed by atoms with Gasteiger partial charge < -0.3 is 15.0 Å². The summed E-state index contributed by atoms with van der Waals surface area (Å²) in [5.41, 5.74) is 0.447. The molecule has 1 amide bonds. The van der Waals surface area contributed by atoms with E-state index < -0.39 is 5.60 Å². The maximum atomic E-state index is 11.8. The highest BCUT2D eigenvalue weighted by Gasteiger charge is 2.25. The molecule has 0 aliphatic carbocycles. The SMILES string of the molecule is Cc1nc(Br)cnc1N1CCC(NC(=O)OC(C)(C)C)CC1. The molecule has 1 N–H and O–H groups in total. The topological polar surface area (TPSA) is 67.4 Å². The predicted molar refractivity (Wildman–Crippen MR) is 89.1 cm³/mol. The van der Waals surface area contributed by atoms with Gasteiger partial charge in [-0.2, -0.15) is 0 Å². The fraction of sp³-hybridized carbons (Fsp3) is 0.667. The fourth-order valence-corrected chi connectivity index (χ4v) is 2.84. The van der Waals surface area contributed by atoms with Crippen LogP contribution in [0.15, 0.2) is 10.8 Å². The molecular weight excluding hydrogens is 348 g/mol. The van der Waals surface area contributed by atoms with Crippen LogP contribution in [0.5, 0.6) is 0 Å². The van der Waals surface area contributed by atoms with Gasteiger partial charge in [-0.1, -0.05) is 0 Å². The van der Waals surface area contributed by atoms with Crippen LogP contribution in [0, 0.1) is 6.92 Å². The second-order valence-corrected chi connectivity index (χ2v) is 7.32. The Morgan fingerprint density at radius 2 is 2.05 bits per heavy atom. The Hall–Kier alpha value is -1.37. The number of halogens is 1. The molecule has 0 unspecified atom stereocenters. The van der Waals surface area contributed by atoms with Gasteiger partial charge in [0.1, 0.15) is 16.0 Å². The molecule has 0 bridgehead atoms. The van der Waals surface area contributed by atoms with E-state index in [0.717, 1.165) is 42.0 Å². The van der Waals surface area contributed by atoms with Crippen LogP contribution in [0.3, 0.4) is 0 Å². The number of hydrogen-bond acceptors (Lipinski definition) is 5. The van der Waals surface area contributed by atoms with Crippen LogP contribution in [0.1, 0.15) is 39.3 Å². The molecule has 7 heteroatoms.